The van der Waals surface area contributed by atoms with Gasteiger partial charge in [-0.15, -0.1) is 0 Å². The highest BCUT2D eigenvalue weighted by molar-refractivity contribution is 8.30. The summed E-state index contributed by atoms with van der Waals surface area (Å²) in [5, 5.41) is 18.4. The van der Waals surface area contributed by atoms with E-state index in [-0.39, 0.29) is 19.2 Å². The lowest BCUT2D eigenvalue weighted by molar-refractivity contribution is -0.131. The van der Waals surface area contributed by atoms with Gasteiger partial charge in [0.05, 0.1) is 13.2 Å². The second kappa shape index (κ2) is 13.4. The van der Waals surface area contributed by atoms with Crippen LogP contribution in [0.3, 0.4) is 0 Å². The van der Waals surface area contributed by atoms with Crippen LogP contribution in [0.25, 0.3) is 0 Å². The second-order valence-electron chi connectivity index (χ2n) is 5.58. The van der Waals surface area contributed by atoms with Crippen molar-refractivity contribution in [3.8, 4) is 0 Å². The normalized spacial score (nSPS) is 12.4. The lowest BCUT2D eigenvalue weighted by Crippen LogP contribution is -2.22. The molecule has 128 valence electrons. The Balaban J connectivity index is 4.01. The van der Waals surface area contributed by atoms with Crippen LogP contribution in [-0.4, -0.2) is 46.7 Å². The van der Waals surface area contributed by atoms with E-state index in [2.05, 4.69) is 6.92 Å². The van der Waals surface area contributed by atoms with Crippen molar-refractivity contribution in [2.75, 3.05) is 30.5 Å². The molecule has 0 aromatic heterocycles. The maximum atomic E-state index is 11.3. The molecule has 0 saturated heterocycles. The number of unbranched alkanes of at least 4 members (excludes halogenated alkanes) is 7. The Morgan fingerprint density at radius 1 is 0.857 bits per heavy atom. The Labute approximate surface area is 131 Å². The lowest BCUT2D eigenvalue weighted by atomic mass is 10.1. The predicted octanol–water partition coefficient (Wildman–Crippen LogP) is 3.39. The molecule has 0 aliphatic heterocycles. The van der Waals surface area contributed by atoms with Crippen molar-refractivity contribution in [3.05, 3.63) is 0 Å². The molecule has 0 aliphatic carbocycles. The van der Waals surface area contributed by atoms with Crippen molar-refractivity contribution in [1.29, 1.82) is 0 Å². The van der Waals surface area contributed by atoms with Gasteiger partial charge in [-0.3, -0.25) is 4.79 Å². The first kappa shape index (κ1) is 20.7. The molecule has 0 heterocycles. The molecule has 0 spiro atoms. The molecule has 0 fully saturated rings. The fourth-order valence-corrected chi connectivity index (χ4v) is 5.27. The van der Waals surface area contributed by atoms with Crippen LogP contribution in [0.2, 0.25) is 0 Å². The van der Waals surface area contributed by atoms with Gasteiger partial charge in [0.15, 0.2) is 0 Å². The van der Waals surface area contributed by atoms with Crippen LogP contribution in [-0.2, 0) is 8.98 Å². The maximum Gasteiger partial charge on any atom is 0.313 e. The zero-order valence-electron chi connectivity index (χ0n) is 13.8. The van der Waals surface area contributed by atoms with Gasteiger partial charge in [0, 0.05) is 24.2 Å². The number of rotatable bonds is 14. The third-order valence-electron chi connectivity index (χ3n) is 3.59. The van der Waals surface area contributed by atoms with E-state index in [1.807, 2.05) is 0 Å². The highest BCUT2D eigenvalue weighted by Gasteiger charge is 2.26. The number of carbonyl (C=O) groups is 1. The van der Waals surface area contributed by atoms with E-state index < -0.39 is 10.3 Å². The second-order valence-corrected chi connectivity index (χ2v) is 8.90. The number of carbonyl (C=O) groups excluding carboxylic acids is 1. The molecule has 5 heteroatoms. The first-order chi connectivity index (χ1) is 10.1. The minimum Gasteiger partial charge on any atom is -0.415 e. The summed E-state index contributed by atoms with van der Waals surface area (Å²) in [4.78, 5) is 11.3. The lowest BCUT2D eigenvalue weighted by Gasteiger charge is -2.37. The average molecular weight is 323 g/mol. The van der Waals surface area contributed by atoms with Crippen LogP contribution < -0.4 is 0 Å². The smallest absolute Gasteiger partial charge is 0.313 e. The largest absolute Gasteiger partial charge is 0.415 e. The van der Waals surface area contributed by atoms with Crippen LogP contribution in [0.5, 0.6) is 0 Å². The molecule has 0 bridgehead atoms. The van der Waals surface area contributed by atoms with Crippen molar-refractivity contribution in [1.82, 2.24) is 0 Å². The molecule has 0 aromatic carbocycles. The Bertz CT molecular complexity index is 253. The molecule has 21 heavy (non-hydrogen) atoms. The van der Waals surface area contributed by atoms with Crippen molar-refractivity contribution < 1.29 is 19.2 Å². The van der Waals surface area contributed by atoms with E-state index in [4.69, 9.17) is 4.18 Å². The molecule has 2 N–H and O–H groups in total. The molecule has 0 rings (SSSR count). The molecule has 0 radical (unpaired) electrons. The molecular formula is C16H34O4S. The third kappa shape index (κ3) is 11.0. The van der Waals surface area contributed by atoms with Crippen LogP contribution in [0, 0.1) is 0 Å². The van der Waals surface area contributed by atoms with Crippen molar-refractivity contribution in [3.63, 3.8) is 0 Å². The number of aliphatic hydroxyl groups excluding tert-OH is 2. The SMILES string of the molecule is CCCCCCCCCCS(CCO)(CCO)OC(C)=O. The minimum absolute atomic E-state index is 0.0135. The van der Waals surface area contributed by atoms with E-state index in [1.54, 1.807) is 0 Å². The monoisotopic (exact) mass is 322 g/mol. The molecule has 0 atom stereocenters. The van der Waals surface area contributed by atoms with Gasteiger partial charge >= 0.3 is 5.97 Å². The fourth-order valence-electron chi connectivity index (χ4n) is 2.51. The average Bonchev–Trinajstić information content (AvgIpc) is 2.41. The molecule has 4 nitrogen and oxygen atoms in total. The first-order valence-corrected chi connectivity index (χ1v) is 10.3. The summed E-state index contributed by atoms with van der Waals surface area (Å²) in [7, 11) is -1.65. The summed E-state index contributed by atoms with van der Waals surface area (Å²) < 4.78 is 5.50. The summed E-state index contributed by atoms with van der Waals surface area (Å²) in [5.41, 5.74) is 0. The van der Waals surface area contributed by atoms with Gasteiger partial charge in [0.25, 0.3) is 0 Å². The highest BCUT2D eigenvalue weighted by atomic mass is 32.3. The van der Waals surface area contributed by atoms with Gasteiger partial charge < -0.3 is 14.4 Å². The molecule has 0 amide bonds. The van der Waals surface area contributed by atoms with Gasteiger partial charge in [-0.25, -0.2) is 0 Å². The molecule has 0 aliphatic rings. The van der Waals surface area contributed by atoms with Gasteiger partial charge in [0.1, 0.15) is 0 Å². The molecule has 0 aromatic rings. The van der Waals surface area contributed by atoms with E-state index in [0.717, 1.165) is 18.6 Å². The highest BCUT2D eigenvalue weighted by Crippen LogP contribution is 2.49. The Morgan fingerprint density at radius 3 is 1.76 bits per heavy atom. The number of hydrogen-bond donors (Lipinski definition) is 2. The summed E-state index contributed by atoms with van der Waals surface area (Å²) in [6.45, 7) is 3.66. The number of hydrogen-bond acceptors (Lipinski definition) is 4. The van der Waals surface area contributed by atoms with Crippen molar-refractivity contribution >= 4 is 16.3 Å². The Kier molecular flexibility index (Phi) is 13.2. The standard InChI is InChI=1S/C16H34O4S/c1-3-4-5-6-7-8-9-10-13-21(14-11-17,15-12-18)20-16(2)19/h17-18H,3-15H2,1-2H3. The van der Waals surface area contributed by atoms with Gasteiger partial charge in [-0.1, -0.05) is 62.2 Å². The van der Waals surface area contributed by atoms with Crippen LogP contribution in [0.15, 0.2) is 0 Å². The molecule has 0 unspecified atom stereocenters. The van der Waals surface area contributed by atoms with Gasteiger partial charge in [-0.2, -0.15) is 0 Å². The summed E-state index contributed by atoms with van der Waals surface area (Å²) in [5.74, 6) is 1.49. The fraction of sp³-hybridized carbons (Fsp3) is 0.938. The maximum absolute atomic E-state index is 11.3. The molecule has 0 saturated carbocycles. The van der Waals surface area contributed by atoms with Crippen molar-refractivity contribution in [2.24, 2.45) is 0 Å². The Hall–Kier alpha value is -0.260. The Morgan fingerprint density at radius 2 is 1.33 bits per heavy atom. The van der Waals surface area contributed by atoms with Crippen LogP contribution in [0.1, 0.15) is 65.2 Å². The van der Waals surface area contributed by atoms with Gasteiger partial charge in [0.2, 0.25) is 0 Å². The van der Waals surface area contributed by atoms with Crippen LogP contribution >= 0.6 is 10.3 Å². The van der Waals surface area contributed by atoms with E-state index >= 15 is 0 Å². The van der Waals surface area contributed by atoms with E-state index in [1.165, 1.54) is 45.4 Å². The predicted molar refractivity (Wildman–Crippen MR) is 90.7 cm³/mol. The summed E-state index contributed by atoms with van der Waals surface area (Å²) in [6.07, 6.45) is 9.88. The number of aliphatic hydroxyl groups is 2. The third-order valence-corrected chi connectivity index (χ3v) is 7.06. The van der Waals surface area contributed by atoms with Crippen molar-refractivity contribution in [2.45, 2.75) is 65.2 Å². The van der Waals surface area contributed by atoms with Gasteiger partial charge in [-0.05, 0) is 6.42 Å². The topological polar surface area (TPSA) is 66.8 Å². The van der Waals surface area contributed by atoms with Crippen LogP contribution in [0.4, 0.5) is 0 Å². The quantitative estimate of drug-likeness (QED) is 0.481. The minimum atomic E-state index is -1.65. The first-order valence-electron chi connectivity index (χ1n) is 8.28. The summed E-state index contributed by atoms with van der Waals surface area (Å²) >= 11 is 0. The van der Waals surface area contributed by atoms with E-state index in [0.29, 0.717) is 11.5 Å². The zero-order valence-corrected chi connectivity index (χ0v) is 14.6. The zero-order chi connectivity index (χ0) is 16.0. The van der Waals surface area contributed by atoms with E-state index in [9.17, 15) is 15.0 Å². The summed E-state index contributed by atoms with van der Waals surface area (Å²) in [6, 6.07) is 0. The molecular weight excluding hydrogens is 288 g/mol.